The highest BCUT2D eigenvalue weighted by Gasteiger charge is 2.28. The molecule has 0 saturated heterocycles. The number of nitrogens with one attached hydrogen (secondary N) is 1. The summed E-state index contributed by atoms with van der Waals surface area (Å²) < 4.78 is 1.06. The van der Waals surface area contributed by atoms with Gasteiger partial charge in [0, 0.05) is 9.50 Å². The van der Waals surface area contributed by atoms with E-state index in [1.165, 1.54) is 37.8 Å². The summed E-state index contributed by atoms with van der Waals surface area (Å²) >= 11 is 9.90. The minimum atomic E-state index is 0.761. The van der Waals surface area contributed by atoms with Crippen LogP contribution in [-0.4, -0.2) is 13.1 Å². The van der Waals surface area contributed by atoms with Crippen LogP contribution < -0.4 is 5.32 Å². The van der Waals surface area contributed by atoms with E-state index in [0.717, 1.165) is 40.2 Å². The molecule has 0 aromatic heterocycles. The lowest BCUT2D eigenvalue weighted by Crippen LogP contribution is -2.34. The van der Waals surface area contributed by atoms with Crippen molar-refractivity contribution in [2.45, 2.75) is 46.0 Å². The molecule has 1 aliphatic carbocycles. The Morgan fingerprint density at radius 3 is 2.81 bits per heavy atom. The maximum absolute atomic E-state index is 6.41. The van der Waals surface area contributed by atoms with Crippen LogP contribution in [0, 0.1) is 17.8 Å². The van der Waals surface area contributed by atoms with Gasteiger partial charge in [0.2, 0.25) is 0 Å². The Kier molecular flexibility index (Phi) is 7.04. The van der Waals surface area contributed by atoms with Gasteiger partial charge in [-0.25, -0.2) is 0 Å². The standard InChI is InChI=1S/C18H27BrClN/c1-3-8-21-12-15-5-4-13(2)9-16(15)10-14-6-7-17(19)11-18(14)20/h6-7,11,13,15-16,21H,3-5,8-10,12H2,1-2H3. The Bertz CT molecular complexity index is 449. The van der Waals surface area contributed by atoms with Gasteiger partial charge < -0.3 is 5.32 Å². The largest absolute Gasteiger partial charge is 0.316 e. The molecule has 1 saturated carbocycles. The first-order valence-corrected chi connectivity index (χ1v) is 9.41. The summed E-state index contributed by atoms with van der Waals surface area (Å²) in [6, 6.07) is 6.31. The molecule has 3 heteroatoms. The summed E-state index contributed by atoms with van der Waals surface area (Å²) in [6.07, 6.45) is 6.41. The molecule has 0 bridgehead atoms. The molecule has 1 aliphatic rings. The summed E-state index contributed by atoms with van der Waals surface area (Å²) in [6.45, 7) is 6.93. The molecule has 21 heavy (non-hydrogen) atoms. The smallest absolute Gasteiger partial charge is 0.0449 e. The SMILES string of the molecule is CCCNCC1CCC(C)CC1Cc1ccc(Br)cc1Cl. The highest BCUT2D eigenvalue weighted by Crippen LogP contribution is 2.37. The van der Waals surface area contributed by atoms with Gasteiger partial charge in [0.05, 0.1) is 0 Å². The summed E-state index contributed by atoms with van der Waals surface area (Å²) in [4.78, 5) is 0. The van der Waals surface area contributed by atoms with Gasteiger partial charge in [-0.2, -0.15) is 0 Å². The lowest BCUT2D eigenvalue weighted by atomic mass is 9.72. The Morgan fingerprint density at radius 1 is 1.29 bits per heavy atom. The third kappa shape index (κ3) is 5.26. The third-order valence-electron chi connectivity index (χ3n) is 4.73. The average molecular weight is 373 g/mol. The zero-order valence-electron chi connectivity index (χ0n) is 13.2. The lowest BCUT2D eigenvalue weighted by Gasteiger charge is -2.35. The van der Waals surface area contributed by atoms with E-state index in [2.05, 4.69) is 47.2 Å². The summed E-state index contributed by atoms with van der Waals surface area (Å²) in [5, 5.41) is 4.52. The Labute approximate surface area is 143 Å². The number of benzene rings is 1. The monoisotopic (exact) mass is 371 g/mol. The van der Waals surface area contributed by atoms with E-state index in [1.54, 1.807) is 0 Å². The van der Waals surface area contributed by atoms with Crippen molar-refractivity contribution in [3.63, 3.8) is 0 Å². The van der Waals surface area contributed by atoms with Crippen LogP contribution in [0.25, 0.3) is 0 Å². The fourth-order valence-corrected chi connectivity index (χ4v) is 4.26. The second kappa shape index (κ2) is 8.55. The van der Waals surface area contributed by atoms with Crippen molar-refractivity contribution < 1.29 is 0 Å². The van der Waals surface area contributed by atoms with E-state index in [9.17, 15) is 0 Å². The van der Waals surface area contributed by atoms with E-state index in [-0.39, 0.29) is 0 Å². The van der Waals surface area contributed by atoms with Crippen molar-refractivity contribution in [2.75, 3.05) is 13.1 Å². The van der Waals surface area contributed by atoms with Gasteiger partial charge in [0.15, 0.2) is 0 Å². The second-order valence-electron chi connectivity index (χ2n) is 6.58. The second-order valence-corrected chi connectivity index (χ2v) is 7.91. The zero-order chi connectivity index (χ0) is 15.2. The maximum Gasteiger partial charge on any atom is 0.0449 e. The van der Waals surface area contributed by atoms with E-state index in [0.29, 0.717) is 0 Å². The molecule has 0 radical (unpaired) electrons. The van der Waals surface area contributed by atoms with Crippen molar-refractivity contribution in [3.05, 3.63) is 33.3 Å². The molecule has 0 spiro atoms. The van der Waals surface area contributed by atoms with Crippen molar-refractivity contribution in [1.82, 2.24) is 5.32 Å². The third-order valence-corrected chi connectivity index (χ3v) is 5.58. The quantitative estimate of drug-likeness (QED) is 0.632. The Balaban J connectivity index is 2.01. The van der Waals surface area contributed by atoms with Crippen LogP contribution >= 0.6 is 27.5 Å². The molecule has 3 atom stereocenters. The van der Waals surface area contributed by atoms with E-state index in [1.807, 2.05) is 6.07 Å². The van der Waals surface area contributed by atoms with Gasteiger partial charge in [-0.3, -0.25) is 0 Å². The van der Waals surface area contributed by atoms with Crippen LogP contribution in [-0.2, 0) is 6.42 Å². The number of hydrogen-bond acceptors (Lipinski definition) is 1. The minimum absolute atomic E-state index is 0.761. The van der Waals surface area contributed by atoms with Crippen molar-refractivity contribution in [1.29, 1.82) is 0 Å². The minimum Gasteiger partial charge on any atom is -0.316 e. The molecular weight excluding hydrogens is 346 g/mol. The molecule has 1 aromatic carbocycles. The van der Waals surface area contributed by atoms with E-state index >= 15 is 0 Å². The highest BCUT2D eigenvalue weighted by molar-refractivity contribution is 9.10. The molecule has 1 aromatic rings. The zero-order valence-corrected chi connectivity index (χ0v) is 15.5. The average Bonchev–Trinajstić information content (AvgIpc) is 2.44. The van der Waals surface area contributed by atoms with Gasteiger partial charge in [-0.15, -0.1) is 0 Å². The van der Waals surface area contributed by atoms with Crippen molar-refractivity contribution in [2.24, 2.45) is 17.8 Å². The van der Waals surface area contributed by atoms with Crippen LogP contribution in [0.4, 0.5) is 0 Å². The fraction of sp³-hybridized carbons (Fsp3) is 0.667. The highest BCUT2D eigenvalue weighted by atomic mass is 79.9. The number of halogens is 2. The normalized spacial score (nSPS) is 26.0. The summed E-state index contributed by atoms with van der Waals surface area (Å²) in [5.41, 5.74) is 1.31. The number of rotatable bonds is 6. The molecule has 2 rings (SSSR count). The Hall–Kier alpha value is -0.0500. The van der Waals surface area contributed by atoms with Gasteiger partial charge in [0.1, 0.15) is 0 Å². The molecular formula is C18H27BrClN. The summed E-state index contributed by atoms with van der Waals surface area (Å²) in [7, 11) is 0. The van der Waals surface area contributed by atoms with Crippen LogP contribution in [0.15, 0.2) is 22.7 Å². The fourth-order valence-electron chi connectivity index (χ4n) is 3.51. The van der Waals surface area contributed by atoms with Gasteiger partial charge in [0.25, 0.3) is 0 Å². The Morgan fingerprint density at radius 2 is 2.10 bits per heavy atom. The lowest BCUT2D eigenvalue weighted by molar-refractivity contribution is 0.184. The van der Waals surface area contributed by atoms with Crippen molar-refractivity contribution in [3.8, 4) is 0 Å². The van der Waals surface area contributed by atoms with Crippen molar-refractivity contribution >= 4 is 27.5 Å². The van der Waals surface area contributed by atoms with Crippen LogP contribution in [0.2, 0.25) is 5.02 Å². The molecule has 1 fully saturated rings. The first-order valence-electron chi connectivity index (χ1n) is 8.24. The molecule has 0 heterocycles. The van der Waals surface area contributed by atoms with E-state index in [4.69, 9.17) is 11.6 Å². The molecule has 3 unspecified atom stereocenters. The first-order chi connectivity index (χ1) is 10.1. The van der Waals surface area contributed by atoms with Crippen LogP contribution in [0.3, 0.4) is 0 Å². The molecule has 1 nitrogen and oxygen atoms in total. The van der Waals surface area contributed by atoms with Gasteiger partial charge in [-0.05, 0) is 74.2 Å². The van der Waals surface area contributed by atoms with Gasteiger partial charge >= 0.3 is 0 Å². The first kappa shape index (κ1) is 17.3. The molecule has 0 aliphatic heterocycles. The van der Waals surface area contributed by atoms with E-state index < -0.39 is 0 Å². The summed E-state index contributed by atoms with van der Waals surface area (Å²) in [5.74, 6) is 2.41. The maximum atomic E-state index is 6.41. The molecule has 1 N–H and O–H groups in total. The molecule has 118 valence electrons. The van der Waals surface area contributed by atoms with Crippen LogP contribution in [0.1, 0.15) is 45.1 Å². The predicted molar refractivity (Wildman–Crippen MR) is 96.0 cm³/mol. The molecule has 0 amide bonds. The van der Waals surface area contributed by atoms with Gasteiger partial charge in [-0.1, -0.05) is 53.9 Å². The topological polar surface area (TPSA) is 12.0 Å². The number of hydrogen-bond donors (Lipinski definition) is 1. The predicted octanol–water partition coefficient (Wildman–Crippen LogP) is 5.70. The van der Waals surface area contributed by atoms with Crippen LogP contribution in [0.5, 0.6) is 0 Å².